The second-order valence-corrected chi connectivity index (χ2v) is 4.73. The molecule has 0 aliphatic heterocycles. The van der Waals surface area contributed by atoms with E-state index >= 15 is 0 Å². The lowest BCUT2D eigenvalue weighted by molar-refractivity contribution is 0.959. The van der Waals surface area contributed by atoms with Gasteiger partial charge in [-0.3, -0.25) is 4.98 Å². The minimum atomic E-state index is 0.578. The van der Waals surface area contributed by atoms with Crippen LogP contribution in [0.5, 0.6) is 0 Å². The van der Waals surface area contributed by atoms with E-state index in [0.717, 1.165) is 23.4 Å². The van der Waals surface area contributed by atoms with Gasteiger partial charge in [0.1, 0.15) is 11.9 Å². The molecule has 20 heavy (non-hydrogen) atoms. The van der Waals surface area contributed by atoms with Crippen LogP contribution in [0.1, 0.15) is 35.0 Å². The Bertz CT molecular complexity index is 656. The van der Waals surface area contributed by atoms with Gasteiger partial charge in [0, 0.05) is 11.9 Å². The average molecular weight is 266 g/mol. The number of hydrogen-bond donors (Lipinski definition) is 1. The minimum absolute atomic E-state index is 0.578. The van der Waals surface area contributed by atoms with E-state index in [1.54, 1.807) is 6.20 Å². The molecule has 2 aromatic heterocycles. The molecule has 2 aromatic rings. The smallest absolute Gasteiger partial charge is 0.144 e. The Morgan fingerprint density at radius 2 is 2.15 bits per heavy atom. The van der Waals surface area contributed by atoms with E-state index in [0.29, 0.717) is 17.9 Å². The minimum Gasteiger partial charge on any atom is -0.363 e. The largest absolute Gasteiger partial charge is 0.363 e. The molecule has 4 nitrogen and oxygen atoms in total. The van der Waals surface area contributed by atoms with E-state index in [1.165, 1.54) is 5.56 Å². The number of nitrogens with zero attached hydrogens (tertiary/aromatic N) is 3. The maximum atomic E-state index is 9.24. The molecular formula is C16H18N4. The van der Waals surface area contributed by atoms with Gasteiger partial charge in [0.25, 0.3) is 0 Å². The maximum Gasteiger partial charge on any atom is 0.144 e. The Balaban J connectivity index is 2.25. The molecule has 2 heterocycles. The molecule has 0 fully saturated rings. The van der Waals surface area contributed by atoms with Crippen LogP contribution in [0, 0.1) is 25.2 Å². The molecule has 102 valence electrons. The number of aromatic nitrogens is 2. The first kappa shape index (κ1) is 14.0. The zero-order chi connectivity index (χ0) is 14.5. The van der Waals surface area contributed by atoms with Crippen LogP contribution in [-0.2, 0) is 13.0 Å². The van der Waals surface area contributed by atoms with Gasteiger partial charge >= 0.3 is 0 Å². The second kappa shape index (κ2) is 6.16. The number of rotatable bonds is 4. The predicted octanol–water partition coefficient (Wildman–Crippen LogP) is 3.14. The molecule has 0 bridgehead atoms. The highest BCUT2D eigenvalue weighted by Gasteiger charge is 2.09. The molecule has 0 spiro atoms. The van der Waals surface area contributed by atoms with Crippen molar-refractivity contribution in [2.45, 2.75) is 33.7 Å². The summed E-state index contributed by atoms with van der Waals surface area (Å²) in [5.41, 5.74) is 4.66. The summed E-state index contributed by atoms with van der Waals surface area (Å²) in [5, 5.41) is 12.5. The van der Waals surface area contributed by atoms with E-state index in [-0.39, 0.29) is 0 Å². The summed E-state index contributed by atoms with van der Waals surface area (Å²) in [5.74, 6) is 0.637. The SMILES string of the molecule is CCc1cccnc1CNc1nc(C)cc(C)c1C#N. The van der Waals surface area contributed by atoms with Crippen molar-refractivity contribution in [1.29, 1.82) is 5.26 Å². The third-order valence-corrected chi connectivity index (χ3v) is 3.25. The summed E-state index contributed by atoms with van der Waals surface area (Å²) in [4.78, 5) is 8.81. The van der Waals surface area contributed by atoms with Crippen molar-refractivity contribution >= 4 is 5.82 Å². The zero-order valence-electron chi connectivity index (χ0n) is 12.1. The van der Waals surface area contributed by atoms with Gasteiger partial charge in [-0.15, -0.1) is 0 Å². The molecule has 0 aliphatic rings. The van der Waals surface area contributed by atoms with Crippen molar-refractivity contribution in [3.63, 3.8) is 0 Å². The van der Waals surface area contributed by atoms with E-state index in [1.807, 2.05) is 26.0 Å². The van der Waals surface area contributed by atoms with Crippen LogP contribution in [-0.4, -0.2) is 9.97 Å². The van der Waals surface area contributed by atoms with E-state index < -0.39 is 0 Å². The van der Waals surface area contributed by atoms with E-state index in [2.05, 4.69) is 34.3 Å². The molecule has 0 radical (unpaired) electrons. The van der Waals surface area contributed by atoms with Crippen LogP contribution < -0.4 is 5.32 Å². The van der Waals surface area contributed by atoms with Gasteiger partial charge in [0.2, 0.25) is 0 Å². The molecule has 0 aromatic carbocycles. The van der Waals surface area contributed by atoms with Crippen LogP contribution in [0.3, 0.4) is 0 Å². The molecule has 4 heteroatoms. The van der Waals surface area contributed by atoms with Crippen LogP contribution in [0.2, 0.25) is 0 Å². The molecule has 0 saturated carbocycles. The quantitative estimate of drug-likeness (QED) is 0.923. The molecule has 0 unspecified atom stereocenters. The lowest BCUT2D eigenvalue weighted by Gasteiger charge is -2.11. The fraction of sp³-hybridized carbons (Fsp3) is 0.312. The van der Waals surface area contributed by atoms with Gasteiger partial charge in [-0.2, -0.15) is 5.26 Å². The van der Waals surface area contributed by atoms with Crippen molar-refractivity contribution in [3.8, 4) is 6.07 Å². The molecule has 0 aliphatic carbocycles. The number of hydrogen-bond acceptors (Lipinski definition) is 4. The monoisotopic (exact) mass is 266 g/mol. The number of nitriles is 1. The summed E-state index contributed by atoms with van der Waals surface area (Å²) >= 11 is 0. The third-order valence-electron chi connectivity index (χ3n) is 3.25. The van der Waals surface area contributed by atoms with Gasteiger partial charge in [-0.1, -0.05) is 13.0 Å². The standard InChI is InChI=1S/C16H18N4/c1-4-13-6-5-7-18-15(13)10-19-16-14(9-17)11(2)8-12(3)20-16/h5-8H,4,10H2,1-3H3,(H,19,20). The molecular weight excluding hydrogens is 248 g/mol. The van der Waals surface area contributed by atoms with E-state index in [9.17, 15) is 5.26 Å². The summed E-state index contributed by atoms with van der Waals surface area (Å²) in [6, 6.07) is 8.15. The topological polar surface area (TPSA) is 61.6 Å². The molecule has 1 N–H and O–H groups in total. The molecule has 0 saturated heterocycles. The highest BCUT2D eigenvalue weighted by Crippen LogP contribution is 2.18. The Labute approximate surface area is 119 Å². The number of anilines is 1. The fourth-order valence-electron chi connectivity index (χ4n) is 2.23. The summed E-state index contributed by atoms with van der Waals surface area (Å²) < 4.78 is 0. The van der Waals surface area contributed by atoms with Gasteiger partial charge < -0.3 is 5.32 Å². The average Bonchev–Trinajstić information content (AvgIpc) is 2.45. The summed E-state index contributed by atoms with van der Waals surface area (Å²) in [6.07, 6.45) is 2.73. The number of aryl methyl sites for hydroxylation is 3. The predicted molar refractivity (Wildman–Crippen MR) is 79.4 cm³/mol. The van der Waals surface area contributed by atoms with Crippen LogP contribution in [0.15, 0.2) is 24.4 Å². The van der Waals surface area contributed by atoms with Crippen molar-refractivity contribution in [2.24, 2.45) is 0 Å². The lowest BCUT2D eigenvalue weighted by Crippen LogP contribution is -2.08. The summed E-state index contributed by atoms with van der Waals surface area (Å²) in [6.45, 7) is 6.54. The Morgan fingerprint density at radius 1 is 1.35 bits per heavy atom. The Hall–Kier alpha value is -2.41. The normalized spacial score (nSPS) is 10.1. The van der Waals surface area contributed by atoms with E-state index in [4.69, 9.17) is 0 Å². The van der Waals surface area contributed by atoms with Crippen LogP contribution in [0.25, 0.3) is 0 Å². The zero-order valence-corrected chi connectivity index (χ0v) is 12.1. The summed E-state index contributed by atoms with van der Waals surface area (Å²) in [7, 11) is 0. The van der Waals surface area contributed by atoms with Gasteiger partial charge in [0.05, 0.1) is 17.8 Å². The van der Waals surface area contributed by atoms with Gasteiger partial charge in [-0.05, 0) is 43.5 Å². The fourth-order valence-corrected chi connectivity index (χ4v) is 2.23. The first-order valence-electron chi connectivity index (χ1n) is 6.70. The molecule has 2 rings (SSSR count). The Morgan fingerprint density at radius 3 is 2.85 bits per heavy atom. The number of pyridine rings is 2. The number of nitrogens with one attached hydrogen (secondary N) is 1. The van der Waals surface area contributed by atoms with Crippen LogP contribution >= 0.6 is 0 Å². The van der Waals surface area contributed by atoms with Crippen molar-refractivity contribution < 1.29 is 0 Å². The third kappa shape index (κ3) is 2.94. The highest BCUT2D eigenvalue weighted by atomic mass is 15.0. The van der Waals surface area contributed by atoms with Crippen molar-refractivity contribution in [2.75, 3.05) is 5.32 Å². The lowest BCUT2D eigenvalue weighted by atomic mass is 10.1. The second-order valence-electron chi connectivity index (χ2n) is 4.73. The van der Waals surface area contributed by atoms with Crippen molar-refractivity contribution in [3.05, 3.63) is 52.5 Å². The molecule has 0 amide bonds. The van der Waals surface area contributed by atoms with Gasteiger partial charge in [-0.25, -0.2) is 4.98 Å². The van der Waals surface area contributed by atoms with Crippen molar-refractivity contribution in [1.82, 2.24) is 9.97 Å². The maximum absolute atomic E-state index is 9.24. The first-order chi connectivity index (χ1) is 9.65. The Kier molecular flexibility index (Phi) is 4.31. The van der Waals surface area contributed by atoms with Gasteiger partial charge in [0.15, 0.2) is 0 Å². The molecule has 0 atom stereocenters. The first-order valence-corrected chi connectivity index (χ1v) is 6.70. The highest BCUT2D eigenvalue weighted by molar-refractivity contribution is 5.56. The van der Waals surface area contributed by atoms with Crippen LogP contribution in [0.4, 0.5) is 5.82 Å².